The van der Waals surface area contributed by atoms with Gasteiger partial charge >= 0.3 is 0 Å². The number of carbonyl (C=O) groups is 1. The number of rotatable bonds is 2. The van der Waals surface area contributed by atoms with Gasteiger partial charge in [-0.3, -0.25) is 4.79 Å². The quantitative estimate of drug-likeness (QED) is 0.706. The van der Waals surface area contributed by atoms with Crippen LogP contribution in [0.5, 0.6) is 0 Å². The average molecular weight is 306 g/mol. The van der Waals surface area contributed by atoms with E-state index in [9.17, 15) is 4.79 Å². The molecule has 0 unspecified atom stereocenters. The Labute approximate surface area is 110 Å². The van der Waals surface area contributed by atoms with Gasteiger partial charge in [-0.05, 0) is 33.4 Å². The molecule has 1 aromatic carbocycles. The lowest BCUT2D eigenvalue weighted by Gasteiger charge is -1.94. The van der Waals surface area contributed by atoms with Gasteiger partial charge in [0, 0.05) is 10.9 Å². The van der Waals surface area contributed by atoms with Gasteiger partial charge in [0.05, 0.1) is 9.35 Å². The van der Waals surface area contributed by atoms with Crippen LogP contribution in [-0.2, 0) is 0 Å². The number of para-hydroxylation sites is 1. The lowest BCUT2D eigenvalue weighted by Crippen LogP contribution is -1.99. The van der Waals surface area contributed by atoms with Crippen LogP contribution in [0.3, 0.4) is 0 Å². The standard InChI is InChI=1S/C13H8BrNOS/c14-11-8-4-1-2-5-9(8)15-12(11)13(16)10-6-3-7-17-10/h1-7,15H. The summed E-state index contributed by atoms with van der Waals surface area (Å²) in [6.45, 7) is 0. The Morgan fingerprint density at radius 2 is 2.00 bits per heavy atom. The number of hydrogen-bond donors (Lipinski definition) is 1. The molecule has 84 valence electrons. The summed E-state index contributed by atoms with van der Waals surface area (Å²) in [6, 6.07) is 11.6. The zero-order valence-corrected chi connectivity index (χ0v) is 11.1. The molecule has 0 fully saturated rings. The van der Waals surface area contributed by atoms with Crippen molar-refractivity contribution in [1.29, 1.82) is 0 Å². The number of thiophene rings is 1. The minimum atomic E-state index is 0.0306. The summed E-state index contributed by atoms with van der Waals surface area (Å²) in [5, 5.41) is 2.94. The van der Waals surface area contributed by atoms with Gasteiger partial charge in [-0.25, -0.2) is 0 Å². The Balaban J connectivity index is 2.18. The highest BCUT2D eigenvalue weighted by Gasteiger charge is 2.17. The van der Waals surface area contributed by atoms with Crippen LogP contribution in [0, 0.1) is 0 Å². The van der Waals surface area contributed by atoms with Gasteiger partial charge in [0.1, 0.15) is 5.69 Å². The minimum absolute atomic E-state index is 0.0306. The van der Waals surface area contributed by atoms with Crippen LogP contribution < -0.4 is 0 Å². The summed E-state index contributed by atoms with van der Waals surface area (Å²) in [5.74, 6) is 0.0306. The van der Waals surface area contributed by atoms with Gasteiger partial charge in [-0.2, -0.15) is 0 Å². The number of H-pyrrole nitrogens is 1. The maximum Gasteiger partial charge on any atom is 0.220 e. The van der Waals surface area contributed by atoms with Crippen molar-refractivity contribution in [3.63, 3.8) is 0 Å². The van der Waals surface area contributed by atoms with E-state index < -0.39 is 0 Å². The molecule has 3 rings (SSSR count). The fourth-order valence-electron chi connectivity index (χ4n) is 1.80. The van der Waals surface area contributed by atoms with Crippen molar-refractivity contribution in [2.24, 2.45) is 0 Å². The molecule has 4 heteroatoms. The van der Waals surface area contributed by atoms with E-state index in [0.29, 0.717) is 5.69 Å². The number of carbonyl (C=O) groups excluding carboxylic acids is 1. The zero-order valence-electron chi connectivity index (χ0n) is 8.74. The first-order valence-electron chi connectivity index (χ1n) is 5.12. The number of aromatic nitrogens is 1. The van der Waals surface area contributed by atoms with Gasteiger partial charge in [0.15, 0.2) is 0 Å². The molecule has 0 saturated heterocycles. The third kappa shape index (κ3) is 1.73. The summed E-state index contributed by atoms with van der Waals surface area (Å²) >= 11 is 4.94. The van der Waals surface area contributed by atoms with Crippen LogP contribution in [0.25, 0.3) is 10.9 Å². The molecular formula is C13H8BrNOS. The summed E-state index contributed by atoms with van der Waals surface area (Å²) < 4.78 is 0.839. The fraction of sp³-hybridized carbons (Fsp3) is 0. The van der Waals surface area contributed by atoms with Crippen LogP contribution in [-0.4, -0.2) is 10.8 Å². The first kappa shape index (κ1) is 10.7. The number of hydrogen-bond acceptors (Lipinski definition) is 2. The number of ketones is 1. The smallest absolute Gasteiger partial charge is 0.220 e. The Bertz CT molecular complexity index is 685. The van der Waals surface area contributed by atoms with Gasteiger partial charge in [0.2, 0.25) is 5.78 Å². The highest BCUT2D eigenvalue weighted by atomic mass is 79.9. The second-order valence-corrected chi connectivity index (χ2v) is 5.41. The fourth-order valence-corrected chi connectivity index (χ4v) is 3.09. The van der Waals surface area contributed by atoms with Crippen LogP contribution in [0.2, 0.25) is 0 Å². The minimum Gasteiger partial charge on any atom is -0.351 e. The molecular weight excluding hydrogens is 298 g/mol. The van der Waals surface area contributed by atoms with Crippen LogP contribution in [0.1, 0.15) is 15.4 Å². The van der Waals surface area contributed by atoms with Crippen LogP contribution in [0.15, 0.2) is 46.3 Å². The second kappa shape index (κ2) is 4.13. The first-order chi connectivity index (χ1) is 8.27. The topological polar surface area (TPSA) is 32.9 Å². The van der Waals surface area contributed by atoms with E-state index in [4.69, 9.17) is 0 Å². The average Bonchev–Trinajstić information content (AvgIpc) is 2.97. The summed E-state index contributed by atoms with van der Waals surface area (Å²) in [6.07, 6.45) is 0. The highest BCUT2D eigenvalue weighted by molar-refractivity contribution is 9.10. The Morgan fingerprint density at radius 1 is 1.18 bits per heavy atom. The lowest BCUT2D eigenvalue weighted by molar-refractivity contribution is 0.103. The number of benzene rings is 1. The van der Waals surface area contributed by atoms with Crippen LogP contribution in [0.4, 0.5) is 0 Å². The Kier molecular flexibility index (Phi) is 2.61. The first-order valence-corrected chi connectivity index (χ1v) is 6.79. The highest BCUT2D eigenvalue weighted by Crippen LogP contribution is 2.29. The van der Waals surface area contributed by atoms with E-state index in [1.54, 1.807) is 0 Å². The number of fused-ring (bicyclic) bond motifs is 1. The molecule has 2 aromatic heterocycles. The van der Waals surface area contributed by atoms with Crippen molar-refractivity contribution in [2.75, 3.05) is 0 Å². The maximum atomic E-state index is 12.2. The molecule has 1 N–H and O–H groups in total. The summed E-state index contributed by atoms with van der Waals surface area (Å²) in [5.41, 5.74) is 1.59. The molecule has 0 radical (unpaired) electrons. The zero-order chi connectivity index (χ0) is 11.8. The van der Waals surface area contributed by atoms with Crippen molar-refractivity contribution in [1.82, 2.24) is 4.98 Å². The van der Waals surface area contributed by atoms with Crippen molar-refractivity contribution < 1.29 is 4.79 Å². The molecule has 2 heterocycles. The Hall–Kier alpha value is -1.39. The molecule has 3 aromatic rings. The SMILES string of the molecule is O=C(c1cccs1)c1[nH]c2ccccc2c1Br. The predicted octanol–water partition coefficient (Wildman–Crippen LogP) is 4.22. The van der Waals surface area contributed by atoms with Gasteiger partial charge in [0.25, 0.3) is 0 Å². The molecule has 0 saturated carbocycles. The summed E-state index contributed by atoms with van der Waals surface area (Å²) in [7, 11) is 0. The van der Waals surface area contributed by atoms with Crippen molar-refractivity contribution in [2.45, 2.75) is 0 Å². The van der Waals surface area contributed by atoms with Gasteiger partial charge < -0.3 is 4.98 Å². The van der Waals surface area contributed by atoms with Gasteiger partial charge in [-0.15, -0.1) is 11.3 Å². The van der Waals surface area contributed by atoms with E-state index in [1.807, 2.05) is 41.8 Å². The largest absolute Gasteiger partial charge is 0.351 e. The number of nitrogens with one attached hydrogen (secondary N) is 1. The monoisotopic (exact) mass is 305 g/mol. The number of aromatic amines is 1. The van der Waals surface area contributed by atoms with E-state index in [2.05, 4.69) is 20.9 Å². The van der Waals surface area contributed by atoms with Crippen molar-refractivity contribution in [3.8, 4) is 0 Å². The molecule has 0 amide bonds. The second-order valence-electron chi connectivity index (χ2n) is 3.67. The molecule has 0 atom stereocenters. The predicted molar refractivity (Wildman–Crippen MR) is 73.8 cm³/mol. The van der Waals surface area contributed by atoms with Crippen LogP contribution >= 0.6 is 27.3 Å². The van der Waals surface area contributed by atoms with E-state index >= 15 is 0 Å². The molecule has 0 aliphatic carbocycles. The third-order valence-electron chi connectivity index (χ3n) is 2.61. The molecule has 0 aliphatic heterocycles. The lowest BCUT2D eigenvalue weighted by atomic mass is 10.2. The van der Waals surface area contributed by atoms with Crippen molar-refractivity contribution in [3.05, 3.63) is 56.8 Å². The maximum absolute atomic E-state index is 12.2. The van der Waals surface area contributed by atoms with E-state index in [1.165, 1.54) is 11.3 Å². The van der Waals surface area contributed by atoms with Gasteiger partial charge in [-0.1, -0.05) is 24.3 Å². The molecule has 0 bridgehead atoms. The third-order valence-corrected chi connectivity index (χ3v) is 4.31. The normalized spacial score (nSPS) is 10.9. The number of halogens is 1. The Morgan fingerprint density at radius 3 is 2.71 bits per heavy atom. The van der Waals surface area contributed by atoms with E-state index in [0.717, 1.165) is 20.3 Å². The summed E-state index contributed by atoms with van der Waals surface area (Å²) in [4.78, 5) is 16.2. The molecule has 2 nitrogen and oxygen atoms in total. The molecule has 0 aliphatic rings. The van der Waals surface area contributed by atoms with E-state index in [-0.39, 0.29) is 5.78 Å². The molecule has 17 heavy (non-hydrogen) atoms. The van der Waals surface area contributed by atoms with Crippen molar-refractivity contribution >= 4 is 44.0 Å². The molecule has 0 spiro atoms.